The number of para-hydroxylation sites is 1. The molecule has 2 aromatic heterocycles. The smallest absolute Gasteiger partial charge is 0.252 e. The molecule has 2 heterocycles. The maximum Gasteiger partial charge on any atom is 0.252 e. The highest BCUT2D eigenvalue weighted by Gasteiger charge is 2.14. The van der Waals surface area contributed by atoms with Gasteiger partial charge in [0.05, 0.1) is 11.8 Å². The van der Waals surface area contributed by atoms with Crippen molar-refractivity contribution in [1.29, 1.82) is 0 Å². The lowest BCUT2D eigenvalue weighted by atomic mass is 10.2. The van der Waals surface area contributed by atoms with Gasteiger partial charge in [0.1, 0.15) is 11.1 Å². The lowest BCUT2D eigenvalue weighted by Gasteiger charge is -2.09. The minimum atomic E-state index is -0.572. The van der Waals surface area contributed by atoms with Gasteiger partial charge in [-0.3, -0.25) is 9.89 Å². The van der Waals surface area contributed by atoms with E-state index in [9.17, 15) is 4.79 Å². The molecule has 0 aliphatic carbocycles. The van der Waals surface area contributed by atoms with E-state index >= 15 is 0 Å². The van der Waals surface area contributed by atoms with Crippen LogP contribution in [0.5, 0.6) is 11.6 Å². The summed E-state index contributed by atoms with van der Waals surface area (Å²) in [5.74, 6) is 0.412. The van der Waals surface area contributed by atoms with Crippen LogP contribution in [0, 0.1) is 0 Å². The molecule has 0 radical (unpaired) electrons. The third-order valence-electron chi connectivity index (χ3n) is 2.86. The number of carbonyl (C=O) groups is 1. The summed E-state index contributed by atoms with van der Waals surface area (Å²) in [6, 6.07) is 6.69. The second-order valence-electron chi connectivity index (χ2n) is 4.20. The van der Waals surface area contributed by atoms with E-state index in [2.05, 4.69) is 25.5 Å². The number of H-pyrrole nitrogens is 1. The Labute approximate surface area is 119 Å². The molecule has 0 unspecified atom stereocenters. The number of benzene rings is 1. The fourth-order valence-electron chi connectivity index (χ4n) is 1.86. The molecule has 0 aliphatic rings. The number of nitrogens with two attached hydrogens (primary N) is 1. The predicted molar refractivity (Wildman–Crippen MR) is 76.3 cm³/mol. The molecule has 0 saturated carbocycles. The van der Waals surface area contributed by atoms with Crippen LogP contribution < -0.4 is 15.8 Å². The monoisotopic (exact) mass is 284 g/mol. The van der Waals surface area contributed by atoms with E-state index in [0.29, 0.717) is 22.7 Å². The molecule has 21 heavy (non-hydrogen) atoms. The average Bonchev–Trinajstić information content (AvgIpc) is 2.96. The summed E-state index contributed by atoms with van der Waals surface area (Å²) >= 11 is 0. The largest absolute Gasteiger partial charge is 0.437 e. The molecule has 8 heteroatoms. The molecule has 0 saturated heterocycles. The number of fused-ring (bicyclic) bond motifs is 1. The molecular weight excluding hydrogens is 272 g/mol. The minimum absolute atomic E-state index is 0.277. The lowest BCUT2D eigenvalue weighted by Crippen LogP contribution is -2.12. The number of anilines is 1. The summed E-state index contributed by atoms with van der Waals surface area (Å²) in [5.41, 5.74) is 6.14. The Balaban J connectivity index is 2.10. The summed E-state index contributed by atoms with van der Waals surface area (Å²) in [5, 5.41) is 10.1. The van der Waals surface area contributed by atoms with Crippen LogP contribution in [0.3, 0.4) is 0 Å². The Kier molecular flexibility index (Phi) is 3.11. The summed E-state index contributed by atoms with van der Waals surface area (Å²) in [7, 11) is 1.69. The molecule has 106 valence electrons. The van der Waals surface area contributed by atoms with E-state index in [-0.39, 0.29) is 11.4 Å². The molecule has 0 aliphatic heterocycles. The molecule has 3 aromatic rings. The van der Waals surface area contributed by atoms with Crippen molar-refractivity contribution in [2.75, 3.05) is 12.4 Å². The van der Waals surface area contributed by atoms with E-state index in [1.165, 1.54) is 0 Å². The first-order chi connectivity index (χ1) is 10.2. The highest BCUT2D eigenvalue weighted by Crippen LogP contribution is 2.29. The zero-order valence-corrected chi connectivity index (χ0v) is 11.1. The number of ether oxygens (including phenoxy) is 1. The molecule has 3 rings (SSSR count). The topological polar surface area (TPSA) is 119 Å². The molecule has 0 bridgehead atoms. The van der Waals surface area contributed by atoms with Gasteiger partial charge in [-0.25, -0.2) is 0 Å². The number of rotatable bonds is 4. The number of primary amides is 1. The van der Waals surface area contributed by atoms with Crippen LogP contribution in [-0.4, -0.2) is 33.1 Å². The Morgan fingerprint density at radius 3 is 2.90 bits per heavy atom. The number of aromatic amines is 1. The summed E-state index contributed by atoms with van der Waals surface area (Å²) in [6.07, 6.45) is 1.55. The number of nitrogens with one attached hydrogen (secondary N) is 2. The Morgan fingerprint density at radius 1 is 1.33 bits per heavy atom. The van der Waals surface area contributed by atoms with Crippen molar-refractivity contribution in [2.45, 2.75) is 0 Å². The van der Waals surface area contributed by atoms with Gasteiger partial charge in [0.2, 0.25) is 11.8 Å². The zero-order valence-electron chi connectivity index (χ0n) is 11.1. The van der Waals surface area contributed by atoms with Crippen molar-refractivity contribution in [1.82, 2.24) is 20.2 Å². The van der Waals surface area contributed by atoms with Crippen molar-refractivity contribution in [3.05, 3.63) is 36.0 Å². The third kappa shape index (κ3) is 2.34. The number of carbonyl (C=O) groups excluding carboxylic acids is 1. The highest BCUT2D eigenvalue weighted by atomic mass is 16.5. The SMILES string of the molecule is CNc1nc(Oc2ccccc2C(N)=O)c2cn[nH]c2n1. The van der Waals surface area contributed by atoms with Gasteiger partial charge in [-0.05, 0) is 12.1 Å². The van der Waals surface area contributed by atoms with Gasteiger partial charge < -0.3 is 15.8 Å². The van der Waals surface area contributed by atoms with E-state index < -0.39 is 5.91 Å². The van der Waals surface area contributed by atoms with Crippen LogP contribution in [0.1, 0.15) is 10.4 Å². The van der Waals surface area contributed by atoms with Gasteiger partial charge >= 0.3 is 0 Å². The maximum atomic E-state index is 11.4. The quantitative estimate of drug-likeness (QED) is 0.664. The van der Waals surface area contributed by atoms with Crippen LogP contribution in [0.4, 0.5) is 5.95 Å². The highest BCUT2D eigenvalue weighted by molar-refractivity contribution is 5.95. The van der Waals surface area contributed by atoms with E-state index in [1.807, 2.05) is 0 Å². The minimum Gasteiger partial charge on any atom is -0.437 e. The second-order valence-corrected chi connectivity index (χ2v) is 4.20. The maximum absolute atomic E-state index is 11.4. The summed E-state index contributed by atoms with van der Waals surface area (Å²) in [4.78, 5) is 19.9. The van der Waals surface area contributed by atoms with Gasteiger partial charge in [-0.1, -0.05) is 12.1 Å². The average molecular weight is 284 g/mol. The number of amides is 1. The lowest BCUT2D eigenvalue weighted by molar-refractivity contribution is 0.0998. The number of aromatic nitrogens is 4. The molecular formula is C13H12N6O2. The van der Waals surface area contributed by atoms with Crippen molar-refractivity contribution < 1.29 is 9.53 Å². The zero-order chi connectivity index (χ0) is 14.8. The number of hydrogen-bond donors (Lipinski definition) is 3. The Bertz CT molecular complexity index is 813. The van der Waals surface area contributed by atoms with E-state index in [1.54, 1.807) is 37.5 Å². The van der Waals surface area contributed by atoms with E-state index in [4.69, 9.17) is 10.5 Å². The standard InChI is InChI=1S/C13H12N6O2/c1-15-13-17-11-8(6-16-19-11)12(18-13)21-9-5-3-2-4-7(9)10(14)20/h2-6H,1H3,(H2,14,20)(H2,15,16,17,18,19). The molecule has 0 spiro atoms. The van der Waals surface area contributed by atoms with Crippen LogP contribution in [0.25, 0.3) is 11.0 Å². The van der Waals surface area contributed by atoms with Crippen LogP contribution in [0.2, 0.25) is 0 Å². The Morgan fingerprint density at radius 2 is 2.14 bits per heavy atom. The van der Waals surface area contributed by atoms with Gasteiger partial charge in [0.25, 0.3) is 5.91 Å². The fraction of sp³-hybridized carbons (Fsp3) is 0.0769. The van der Waals surface area contributed by atoms with Gasteiger partial charge in [-0.2, -0.15) is 15.1 Å². The first kappa shape index (κ1) is 12.9. The fourth-order valence-corrected chi connectivity index (χ4v) is 1.86. The first-order valence-corrected chi connectivity index (χ1v) is 6.14. The van der Waals surface area contributed by atoms with Crippen molar-refractivity contribution in [3.8, 4) is 11.6 Å². The van der Waals surface area contributed by atoms with E-state index in [0.717, 1.165) is 0 Å². The normalized spacial score (nSPS) is 10.5. The van der Waals surface area contributed by atoms with Gasteiger partial charge in [-0.15, -0.1) is 0 Å². The van der Waals surface area contributed by atoms with Crippen LogP contribution >= 0.6 is 0 Å². The summed E-state index contributed by atoms with van der Waals surface area (Å²) in [6.45, 7) is 0. The van der Waals surface area contributed by atoms with Crippen LogP contribution in [0.15, 0.2) is 30.5 Å². The Hall–Kier alpha value is -3.16. The number of nitrogens with zero attached hydrogens (tertiary/aromatic N) is 3. The van der Waals surface area contributed by atoms with Crippen molar-refractivity contribution in [3.63, 3.8) is 0 Å². The molecule has 1 aromatic carbocycles. The number of hydrogen-bond acceptors (Lipinski definition) is 6. The van der Waals surface area contributed by atoms with Crippen molar-refractivity contribution in [2.24, 2.45) is 5.73 Å². The van der Waals surface area contributed by atoms with Gasteiger partial charge in [0, 0.05) is 7.05 Å². The third-order valence-corrected chi connectivity index (χ3v) is 2.86. The molecule has 0 fully saturated rings. The molecule has 1 amide bonds. The molecule has 0 atom stereocenters. The van der Waals surface area contributed by atoms with Crippen LogP contribution in [-0.2, 0) is 0 Å². The first-order valence-electron chi connectivity index (χ1n) is 6.14. The second kappa shape index (κ2) is 5.08. The van der Waals surface area contributed by atoms with Crippen molar-refractivity contribution >= 4 is 22.9 Å². The summed E-state index contributed by atoms with van der Waals surface area (Å²) < 4.78 is 5.73. The molecule has 4 N–H and O–H groups in total. The predicted octanol–water partition coefficient (Wildman–Crippen LogP) is 1.29. The molecule has 8 nitrogen and oxygen atoms in total. The van der Waals surface area contributed by atoms with Gasteiger partial charge in [0.15, 0.2) is 5.65 Å².